The first kappa shape index (κ1) is 44.6. The maximum Gasteiger partial charge on any atom is 0.303 e. The number of nitrogens with zero attached hydrogens (tertiary/aromatic N) is 2. The summed E-state index contributed by atoms with van der Waals surface area (Å²) in [4.78, 5) is 26.4. The number of benzene rings is 4. The van der Waals surface area contributed by atoms with Gasteiger partial charge in [0.1, 0.15) is 30.8 Å². The van der Waals surface area contributed by atoms with Gasteiger partial charge in [0, 0.05) is 60.4 Å². The zero-order valence-corrected chi connectivity index (χ0v) is 34.3. The van der Waals surface area contributed by atoms with E-state index >= 15 is 0 Å². The van der Waals surface area contributed by atoms with Crippen molar-refractivity contribution in [3.8, 4) is 39.8 Å². The van der Waals surface area contributed by atoms with E-state index in [0.29, 0.717) is 88.9 Å². The molecule has 0 fully saturated rings. The van der Waals surface area contributed by atoms with Crippen LogP contribution in [0, 0.1) is 25.2 Å². The number of hydrogen-bond donors (Lipinski definition) is 4. The molecule has 0 bridgehead atoms. The highest BCUT2D eigenvalue weighted by Crippen LogP contribution is 2.39. The monoisotopic (exact) mass is 842 g/mol. The molecule has 10 nitrogen and oxygen atoms in total. The summed E-state index contributed by atoms with van der Waals surface area (Å²) in [5.41, 5.74) is 9.16. The number of nitrogens with one attached hydrogen (secondary N) is 2. The molecule has 4 aromatic carbocycles. The molecule has 0 radical (unpaired) electrons. The minimum atomic E-state index is -2.60. The Morgan fingerprint density at radius 2 is 1.44 bits per heavy atom. The molecule has 0 atom stereocenters. The van der Waals surface area contributed by atoms with Crippen molar-refractivity contribution in [2.45, 2.75) is 76.5 Å². The number of carboxylic acids is 2. The van der Waals surface area contributed by atoms with Gasteiger partial charge in [-0.3, -0.25) is 14.6 Å². The Morgan fingerprint density at radius 1 is 0.797 bits per heavy atom. The zero-order chi connectivity index (χ0) is 42.3. The van der Waals surface area contributed by atoms with Gasteiger partial charge in [-0.1, -0.05) is 71.9 Å². The third kappa shape index (κ3) is 13.0. The normalized spacial score (nSPS) is 11.1. The van der Waals surface area contributed by atoms with Gasteiger partial charge in [0.05, 0.1) is 10.6 Å². The van der Waals surface area contributed by atoms with Gasteiger partial charge in [-0.15, -0.1) is 0 Å². The number of alkyl halides is 2. The van der Waals surface area contributed by atoms with Crippen LogP contribution in [0.4, 0.5) is 8.78 Å². The van der Waals surface area contributed by atoms with Crippen LogP contribution in [0.5, 0.6) is 11.5 Å². The Hall–Kier alpha value is -5.52. The first-order chi connectivity index (χ1) is 28.4. The predicted octanol–water partition coefficient (Wildman–Crippen LogP) is 9.94. The van der Waals surface area contributed by atoms with Gasteiger partial charge < -0.3 is 30.3 Å². The summed E-state index contributed by atoms with van der Waals surface area (Å²) in [6.07, 6.45) is 4.09. The van der Waals surface area contributed by atoms with E-state index in [1.807, 2.05) is 62.4 Å². The van der Waals surface area contributed by atoms with Gasteiger partial charge in [-0.05, 0) is 102 Å². The lowest BCUT2D eigenvalue weighted by Crippen LogP contribution is -2.16. The fourth-order valence-corrected chi connectivity index (χ4v) is 7.44. The number of nitriles is 1. The molecule has 308 valence electrons. The molecule has 1 aromatic heterocycles. The molecule has 4 N–H and O–H groups in total. The van der Waals surface area contributed by atoms with Gasteiger partial charge in [0.25, 0.3) is 5.76 Å². The van der Waals surface area contributed by atoms with Crippen molar-refractivity contribution in [3.05, 3.63) is 129 Å². The van der Waals surface area contributed by atoms with E-state index in [0.717, 1.165) is 44.5 Å². The Labute approximate surface area is 351 Å². The van der Waals surface area contributed by atoms with Crippen LogP contribution in [0.1, 0.15) is 64.6 Å². The number of aliphatic carboxylic acids is 2. The summed E-state index contributed by atoms with van der Waals surface area (Å²) in [6, 6.07) is 24.8. The average molecular weight is 843 g/mol. The van der Waals surface area contributed by atoms with Gasteiger partial charge in [-0.25, -0.2) is 0 Å². The summed E-state index contributed by atoms with van der Waals surface area (Å²) in [7, 11) is 0. The second-order valence-corrected chi connectivity index (χ2v) is 15.2. The highest BCUT2D eigenvalue weighted by Gasteiger charge is 2.17. The zero-order valence-electron chi connectivity index (χ0n) is 32.7. The van der Waals surface area contributed by atoms with Crippen LogP contribution in [0.25, 0.3) is 22.3 Å². The second kappa shape index (κ2) is 22.0. The van der Waals surface area contributed by atoms with Gasteiger partial charge in [0.2, 0.25) is 0 Å². The summed E-state index contributed by atoms with van der Waals surface area (Å²) in [5, 5.41) is 34.0. The van der Waals surface area contributed by atoms with Crippen molar-refractivity contribution in [2.75, 3.05) is 13.1 Å². The minimum absolute atomic E-state index is 0.0355. The molecule has 14 heteroatoms. The first-order valence-corrected chi connectivity index (χ1v) is 20.2. The lowest BCUT2D eigenvalue weighted by molar-refractivity contribution is -0.138. The van der Waals surface area contributed by atoms with Crippen LogP contribution in [-0.2, 0) is 35.9 Å². The number of rotatable bonds is 22. The smallest absolute Gasteiger partial charge is 0.303 e. The fraction of sp³-hybridized carbons (Fsp3) is 0.289. The van der Waals surface area contributed by atoms with E-state index in [1.165, 1.54) is 6.20 Å². The van der Waals surface area contributed by atoms with Gasteiger partial charge in [0.15, 0.2) is 0 Å². The summed E-state index contributed by atoms with van der Waals surface area (Å²) in [6.45, 7) is 6.02. The minimum Gasteiger partial charge on any atom is -0.488 e. The van der Waals surface area contributed by atoms with Crippen molar-refractivity contribution in [3.63, 3.8) is 0 Å². The van der Waals surface area contributed by atoms with Crippen LogP contribution in [0.3, 0.4) is 0 Å². The molecule has 5 aromatic rings. The molecule has 1 heterocycles. The molecule has 0 spiro atoms. The van der Waals surface area contributed by atoms with E-state index in [-0.39, 0.29) is 26.1 Å². The second-order valence-electron chi connectivity index (χ2n) is 13.8. The average Bonchev–Trinajstić information content (AvgIpc) is 3.20. The van der Waals surface area contributed by atoms with Crippen LogP contribution < -0.4 is 20.1 Å². The molecule has 5 rings (SSSR count). The van der Waals surface area contributed by atoms with Crippen LogP contribution in [0.2, 0.25) is 5.02 Å². The quantitative estimate of drug-likeness (QED) is 0.0389. The van der Waals surface area contributed by atoms with Gasteiger partial charge >= 0.3 is 11.9 Å². The highest BCUT2D eigenvalue weighted by atomic mass is 35.5. The van der Waals surface area contributed by atoms with E-state index in [9.17, 15) is 23.6 Å². The summed E-state index contributed by atoms with van der Waals surface area (Å²) >= 11 is 7.26. The number of carboxylic acid groups (broad SMARTS) is 2. The van der Waals surface area contributed by atoms with Crippen LogP contribution >= 0.6 is 23.4 Å². The fourth-order valence-electron chi connectivity index (χ4n) is 6.52. The van der Waals surface area contributed by atoms with E-state index in [2.05, 4.69) is 21.7 Å². The predicted molar refractivity (Wildman–Crippen MR) is 225 cm³/mol. The maximum atomic E-state index is 13.7. The lowest BCUT2D eigenvalue weighted by atomic mass is 9.89. The van der Waals surface area contributed by atoms with Crippen molar-refractivity contribution in [1.82, 2.24) is 15.6 Å². The number of aromatic nitrogens is 1. The molecule has 0 saturated carbocycles. The Morgan fingerprint density at radius 3 is 2.12 bits per heavy atom. The number of pyridine rings is 1. The molecule has 0 aliphatic rings. The lowest BCUT2D eigenvalue weighted by Gasteiger charge is -2.19. The van der Waals surface area contributed by atoms with Crippen molar-refractivity contribution < 1.29 is 38.1 Å². The number of ether oxygens (including phenoxy) is 2. The van der Waals surface area contributed by atoms with E-state index in [1.54, 1.807) is 30.5 Å². The third-order valence-corrected chi connectivity index (χ3v) is 10.7. The molecule has 0 unspecified atom stereocenters. The maximum absolute atomic E-state index is 13.7. The number of hydrogen-bond acceptors (Lipinski definition) is 9. The first-order valence-electron chi connectivity index (χ1n) is 19.0. The Balaban J connectivity index is 1.36. The molecule has 0 aliphatic carbocycles. The molecule has 0 amide bonds. The molecule has 0 aliphatic heterocycles. The van der Waals surface area contributed by atoms with Crippen molar-refractivity contribution >= 4 is 35.3 Å². The van der Waals surface area contributed by atoms with E-state index in [4.69, 9.17) is 31.3 Å². The Kier molecular flexibility index (Phi) is 16.6. The number of halogens is 3. The topological polar surface area (TPSA) is 154 Å². The number of thioether (sulfide) groups is 1. The van der Waals surface area contributed by atoms with Crippen LogP contribution in [0.15, 0.2) is 90.1 Å². The largest absolute Gasteiger partial charge is 0.488 e. The summed E-state index contributed by atoms with van der Waals surface area (Å²) < 4.78 is 39.9. The molecular weight excluding hydrogens is 798 g/mol. The van der Waals surface area contributed by atoms with Crippen molar-refractivity contribution in [2.24, 2.45) is 0 Å². The SMILES string of the molecule is Cc1c(COc2cc(OCc3cncc(C#N)c3)c(CNCCCC(=O)O)cc2Cl)cccc1-c1cccc(-c2ccc(CNCCCC(=O)O)c(SC(F)F)c2)c1C. The standard InChI is InChI=1S/C45H45ClF2N4O6S/c1-28-34(27-58-41-20-40(57-26-31-17-30(21-49)22-52-23-31)35(18-39(41)46)25-51-16-6-12-44(55)56)7-3-9-37(28)38-10-4-8-36(29(38)2)32-13-14-33(42(19-32)59-45(47)48)24-50-15-5-11-43(53)54/h3-4,7-10,13-14,17-20,22-23,45,50-51H,5-6,11-12,15-16,24-27H2,1-2H3,(H,53,54)(H,55,56). The highest BCUT2D eigenvalue weighted by molar-refractivity contribution is 7.99. The van der Waals surface area contributed by atoms with E-state index < -0.39 is 17.7 Å². The third-order valence-electron chi connectivity index (χ3n) is 9.60. The molecule has 59 heavy (non-hydrogen) atoms. The summed E-state index contributed by atoms with van der Waals surface area (Å²) in [5.74, 6) is -3.43. The Bertz CT molecular complexity index is 2300. The molecule has 0 saturated heterocycles. The van der Waals surface area contributed by atoms with Crippen LogP contribution in [-0.4, -0.2) is 46.0 Å². The van der Waals surface area contributed by atoms with Crippen molar-refractivity contribution in [1.29, 1.82) is 5.26 Å². The number of carbonyl (C=O) groups is 2. The van der Waals surface area contributed by atoms with Gasteiger partial charge in [-0.2, -0.15) is 14.0 Å². The molecular formula is C45H45ClF2N4O6S.